The van der Waals surface area contributed by atoms with Crippen molar-refractivity contribution >= 4 is 33.6 Å². The number of rotatable bonds is 11. The van der Waals surface area contributed by atoms with E-state index in [1.165, 1.54) is 19.0 Å². The van der Waals surface area contributed by atoms with Crippen LogP contribution in [0, 0.1) is 0 Å². The zero-order chi connectivity index (χ0) is 31.5. The molecule has 0 unspecified atom stereocenters. The van der Waals surface area contributed by atoms with Gasteiger partial charge in [0.25, 0.3) is 0 Å². The molecule has 1 fully saturated rings. The molecule has 1 aromatic heterocycles. The van der Waals surface area contributed by atoms with Crippen LogP contribution in [0.25, 0.3) is 0 Å². The van der Waals surface area contributed by atoms with Crippen molar-refractivity contribution in [1.29, 1.82) is 0 Å². The molecule has 236 valence electrons. The van der Waals surface area contributed by atoms with Crippen LogP contribution in [0.15, 0.2) is 22.5 Å². The number of nitrogens with zero attached hydrogens (tertiary/aromatic N) is 1. The molecule has 2 aromatic rings. The van der Waals surface area contributed by atoms with Crippen LogP contribution in [0.1, 0.15) is 127 Å². The number of aliphatic hydroxyl groups is 1. The Morgan fingerprint density at radius 3 is 2.10 bits per heavy atom. The Balaban J connectivity index is 1.93. The van der Waals surface area contributed by atoms with Crippen molar-refractivity contribution in [3.05, 3.63) is 45.6 Å². The highest BCUT2D eigenvalue weighted by Gasteiger charge is 2.31. The highest BCUT2D eigenvalue weighted by Crippen LogP contribution is 2.33. The van der Waals surface area contributed by atoms with Gasteiger partial charge in [-0.2, -0.15) is 0 Å². The second-order valence-electron chi connectivity index (χ2n) is 13.3. The van der Waals surface area contributed by atoms with Gasteiger partial charge in [-0.05, 0) is 81.5 Å². The molecule has 42 heavy (non-hydrogen) atoms. The van der Waals surface area contributed by atoms with E-state index in [2.05, 4.69) is 54.3 Å². The summed E-state index contributed by atoms with van der Waals surface area (Å²) in [7, 11) is -4.07. The summed E-state index contributed by atoms with van der Waals surface area (Å²) in [5.74, 6) is -0.232. The number of carbonyl (C=O) groups excluding carboxylic acids is 2. The monoisotopic (exact) mass is 623 g/mol. The average Bonchev–Trinajstić information content (AvgIpc) is 3.54. The maximum absolute atomic E-state index is 14.3. The third-order valence-electron chi connectivity index (χ3n) is 7.00. The summed E-state index contributed by atoms with van der Waals surface area (Å²) in [5.41, 5.74) is 1.92. The molecule has 0 aliphatic heterocycles. The molecule has 1 heterocycles. The summed E-state index contributed by atoms with van der Waals surface area (Å²) >= 11 is 0.966. The molecule has 9 nitrogen and oxygen atoms in total. The van der Waals surface area contributed by atoms with Gasteiger partial charge >= 0.3 is 6.09 Å². The SMILES string of the molecule is CC(C)c1cc(COC2CCCC2)cc(C(C)C)c1CC(=O)N[SH](=O)(NC(=O)OC(C)(C)C)c1cnc(C(C)(C)O)s1. The number of amides is 2. The standard InChI is InChI=1S/C31H49N3O6S2/c1-19(2)23-14-21(18-39-22-12-10-11-13-22)15-24(20(3)4)25(23)16-26(35)33-42(38,34-29(36)40-30(5,6)7)27-17-32-28(41-27)31(8,9)37/h14-15,17,19-20,22,37,42H,10-13,16,18H2,1-9H3,(H2,33,34,35,36,38). The molecule has 0 atom stereocenters. The Labute approximate surface area is 255 Å². The molecule has 1 aliphatic rings. The molecule has 1 aromatic carbocycles. The minimum atomic E-state index is -4.07. The Bertz CT molecular complexity index is 1270. The molecule has 0 bridgehead atoms. The zero-order valence-corrected chi connectivity index (χ0v) is 28.2. The van der Waals surface area contributed by atoms with E-state index in [0.29, 0.717) is 17.7 Å². The van der Waals surface area contributed by atoms with Crippen LogP contribution >= 0.6 is 11.3 Å². The molecule has 0 spiro atoms. The smallest absolute Gasteiger partial charge is 0.419 e. The topological polar surface area (TPSA) is 127 Å². The van der Waals surface area contributed by atoms with Gasteiger partial charge in [0.15, 0.2) is 0 Å². The number of thiol groups is 1. The van der Waals surface area contributed by atoms with Crippen molar-refractivity contribution in [3.8, 4) is 0 Å². The number of ether oxygens (including phenoxy) is 2. The maximum Gasteiger partial charge on any atom is 0.419 e. The number of carbonyl (C=O) groups is 2. The van der Waals surface area contributed by atoms with Gasteiger partial charge in [0.2, 0.25) is 5.91 Å². The zero-order valence-electron chi connectivity index (χ0n) is 26.5. The van der Waals surface area contributed by atoms with Gasteiger partial charge in [0.05, 0.1) is 35.6 Å². The van der Waals surface area contributed by atoms with Crippen molar-refractivity contribution in [2.45, 2.75) is 134 Å². The molecule has 0 radical (unpaired) electrons. The lowest BCUT2D eigenvalue weighted by molar-refractivity contribution is -0.118. The van der Waals surface area contributed by atoms with Gasteiger partial charge in [-0.3, -0.25) is 9.52 Å². The Hall–Kier alpha value is -2.34. The summed E-state index contributed by atoms with van der Waals surface area (Å²) in [6.07, 6.45) is 5.27. The first-order chi connectivity index (χ1) is 19.4. The summed E-state index contributed by atoms with van der Waals surface area (Å²) in [6, 6.07) is 4.23. The predicted octanol–water partition coefficient (Wildman–Crippen LogP) is 6.17. The number of aromatic nitrogens is 1. The van der Waals surface area contributed by atoms with E-state index in [9.17, 15) is 18.9 Å². The molecule has 3 rings (SSSR count). The summed E-state index contributed by atoms with van der Waals surface area (Å²) < 4.78 is 31.0. The van der Waals surface area contributed by atoms with Gasteiger partial charge in [0.1, 0.15) is 20.4 Å². The average molecular weight is 624 g/mol. The van der Waals surface area contributed by atoms with Crippen molar-refractivity contribution in [2.75, 3.05) is 0 Å². The van der Waals surface area contributed by atoms with Gasteiger partial charge in [-0.25, -0.2) is 18.7 Å². The Morgan fingerprint density at radius 2 is 1.62 bits per heavy atom. The van der Waals surface area contributed by atoms with Crippen LogP contribution < -0.4 is 9.44 Å². The number of nitrogens with one attached hydrogen (secondary N) is 2. The molecule has 2 amide bonds. The first-order valence-corrected chi connectivity index (χ1v) is 17.3. The molecule has 1 aliphatic carbocycles. The minimum Gasteiger partial charge on any atom is -0.443 e. The van der Waals surface area contributed by atoms with Crippen LogP contribution in [-0.4, -0.2) is 38.0 Å². The van der Waals surface area contributed by atoms with Crippen LogP contribution in [0.3, 0.4) is 0 Å². The minimum absolute atomic E-state index is 0.0259. The largest absolute Gasteiger partial charge is 0.443 e. The van der Waals surface area contributed by atoms with Crippen molar-refractivity contribution in [1.82, 2.24) is 14.4 Å². The summed E-state index contributed by atoms with van der Waals surface area (Å²) in [4.78, 5) is 30.6. The quantitative estimate of drug-likeness (QED) is 0.221. The van der Waals surface area contributed by atoms with E-state index in [4.69, 9.17) is 9.47 Å². The molecule has 3 N–H and O–H groups in total. The van der Waals surface area contributed by atoms with Crippen LogP contribution in [0.2, 0.25) is 0 Å². The molecular formula is C31H49N3O6S2. The van der Waals surface area contributed by atoms with Crippen LogP contribution in [-0.2, 0) is 43.2 Å². The van der Waals surface area contributed by atoms with Crippen LogP contribution in [0.4, 0.5) is 4.79 Å². The molecule has 11 heteroatoms. The lowest BCUT2D eigenvalue weighted by atomic mass is 9.85. The van der Waals surface area contributed by atoms with E-state index in [1.807, 2.05) is 0 Å². The molecule has 1 saturated carbocycles. The molecular weight excluding hydrogens is 574 g/mol. The van der Waals surface area contributed by atoms with Gasteiger partial charge in [-0.15, -0.1) is 11.3 Å². The fourth-order valence-corrected chi connectivity index (χ4v) is 7.94. The molecule has 0 saturated heterocycles. The third kappa shape index (κ3) is 9.33. The first-order valence-electron chi connectivity index (χ1n) is 14.8. The fraction of sp³-hybridized carbons (Fsp3) is 0.645. The predicted molar refractivity (Wildman–Crippen MR) is 168 cm³/mol. The van der Waals surface area contributed by atoms with Crippen LogP contribution in [0.5, 0.6) is 0 Å². The Morgan fingerprint density at radius 1 is 1.05 bits per heavy atom. The van der Waals surface area contributed by atoms with Crippen molar-refractivity contribution in [2.24, 2.45) is 0 Å². The van der Waals surface area contributed by atoms with E-state index in [0.717, 1.165) is 46.4 Å². The van der Waals surface area contributed by atoms with Gasteiger partial charge in [-0.1, -0.05) is 52.7 Å². The van der Waals surface area contributed by atoms with E-state index in [1.54, 1.807) is 34.6 Å². The van der Waals surface area contributed by atoms with Crippen molar-refractivity contribution in [3.63, 3.8) is 0 Å². The highest BCUT2D eigenvalue weighted by molar-refractivity contribution is 8.02. The second-order valence-corrected chi connectivity index (χ2v) is 16.8. The van der Waals surface area contributed by atoms with Gasteiger partial charge < -0.3 is 14.6 Å². The van der Waals surface area contributed by atoms with E-state index in [-0.39, 0.29) is 22.5 Å². The maximum atomic E-state index is 14.3. The summed E-state index contributed by atoms with van der Waals surface area (Å²) in [5, 5.41) is 10.7. The number of thiazole rings is 1. The van der Waals surface area contributed by atoms with Gasteiger partial charge in [0, 0.05) is 0 Å². The normalized spacial score (nSPS) is 15.3. The highest BCUT2D eigenvalue weighted by atomic mass is 32.3. The third-order valence-corrected chi connectivity index (χ3v) is 11.0. The van der Waals surface area contributed by atoms with Crippen molar-refractivity contribution < 1.29 is 28.4 Å². The Kier molecular flexibility index (Phi) is 11.0. The first kappa shape index (κ1) is 34.2. The number of hydrogen-bond donors (Lipinski definition) is 4. The number of benzene rings is 1. The fourth-order valence-electron chi connectivity index (χ4n) is 5.01. The lowest BCUT2D eigenvalue weighted by Gasteiger charge is -2.28. The number of hydrogen-bond acceptors (Lipinski definition) is 8. The lowest BCUT2D eigenvalue weighted by Crippen LogP contribution is -2.50. The second kappa shape index (κ2) is 13.5. The summed E-state index contributed by atoms with van der Waals surface area (Å²) in [6.45, 7) is 17.1. The van der Waals surface area contributed by atoms with E-state index >= 15 is 0 Å². The van der Waals surface area contributed by atoms with E-state index < -0.39 is 33.5 Å².